The molecule has 0 radical (unpaired) electrons. The van der Waals surface area contributed by atoms with Crippen LogP contribution in [0.4, 0.5) is 0 Å². The quantitative estimate of drug-likeness (QED) is 0.921. The van der Waals surface area contributed by atoms with E-state index in [-0.39, 0.29) is 5.91 Å². The van der Waals surface area contributed by atoms with E-state index in [1.807, 2.05) is 49.6 Å². The van der Waals surface area contributed by atoms with Gasteiger partial charge in [0.15, 0.2) is 6.10 Å². The zero-order valence-electron chi connectivity index (χ0n) is 11.8. The predicted octanol–water partition coefficient (Wildman–Crippen LogP) is 2.88. The molecule has 106 valence electrons. The second-order valence-corrected chi connectivity index (χ2v) is 5.87. The summed E-state index contributed by atoms with van der Waals surface area (Å²) in [5, 5.41) is 5.76. The minimum Gasteiger partial charge on any atom is -0.367 e. The number of thiazole rings is 1. The summed E-state index contributed by atoms with van der Waals surface area (Å²) >= 11 is 1.52. The van der Waals surface area contributed by atoms with Crippen molar-refractivity contribution >= 4 is 17.2 Å². The maximum Gasteiger partial charge on any atom is 0.254 e. The third kappa shape index (κ3) is 3.23. The SMILES string of the molecule is CO[C@H](C(=O)NC(C)(C)c1nccs1)c1ccccc1. The summed E-state index contributed by atoms with van der Waals surface area (Å²) in [5.74, 6) is -0.168. The number of nitrogens with zero attached hydrogens (tertiary/aromatic N) is 1. The van der Waals surface area contributed by atoms with Crippen LogP contribution in [-0.2, 0) is 15.1 Å². The average molecular weight is 290 g/mol. The van der Waals surface area contributed by atoms with Gasteiger partial charge < -0.3 is 10.1 Å². The number of ether oxygens (including phenoxy) is 1. The molecule has 1 aromatic carbocycles. The molecule has 1 amide bonds. The van der Waals surface area contributed by atoms with Crippen molar-refractivity contribution < 1.29 is 9.53 Å². The normalized spacial score (nSPS) is 12.9. The minimum absolute atomic E-state index is 0.168. The van der Waals surface area contributed by atoms with Crippen molar-refractivity contribution in [2.24, 2.45) is 0 Å². The Morgan fingerprint density at radius 3 is 2.60 bits per heavy atom. The predicted molar refractivity (Wildman–Crippen MR) is 79.5 cm³/mol. The number of hydrogen-bond donors (Lipinski definition) is 1. The fraction of sp³-hybridized carbons (Fsp3) is 0.333. The number of aromatic nitrogens is 1. The summed E-state index contributed by atoms with van der Waals surface area (Å²) in [6.07, 6.45) is 1.12. The Labute approximate surface area is 122 Å². The molecule has 1 atom stereocenters. The van der Waals surface area contributed by atoms with E-state index in [0.29, 0.717) is 0 Å². The molecule has 0 saturated heterocycles. The van der Waals surface area contributed by atoms with E-state index >= 15 is 0 Å². The third-order valence-corrected chi connectivity index (χ3v) is 4.08. The first kappa shape index (κ1) is 14.7. The van der Waals surface area contributed by atoms with Gasteiger partial charge in [-0.2, -0.15) is 0 Å². The molecule has 1 aromatic heterocycles. The number of benzene rings is 1. The maximum absolute atomic E-state index is 12.4. The fourth-order valence-electron chi connectivity index (χ4n) is 1.98. The van der Waals surface area contributed by atoms with Crippen molar-refractivity contribution in [3.63, 3.8) is 0 Å². The lowest BCUT2D eigenvalue weighted by Crippen LogP contribution is -2.43. The average Bonchev–Trinajstić information content (AvgIpc) is 2.95. The van der Waals surface area contributed by atoms with Gasteiger partial charge >= 0.3 is 0 Å². The molecule has 0 saturated carbocycles. The summed E-state index contributed by atoms with van der Waals surface area (Å²) in [6.45, 7) is 3.86. The first-order valence-corrected chi connectivity index (χ1v) is 7.22. The molecule has 0 bridgehead atoms. The van der Waals surface area contributed by atoms with E-state index < -0.39 is 11.6 Å². The summed E-state index contributed by atoms with van der Waals surface area (Å²) < 4.78 is 5.33. The summed E-state index contributed by atoms with van der Waals surface area (Å²) in [5.41, 5.74) is 0.319. The third-order valence-electron chi connectivity index (χ3n) is 2.98. The zero-order chi connectivity index (χ0) is 14.6. The highest BCUT2D eigenvalue weighted by atomic mass is 32.1. The Hall–Kier alpha value is -1.72. The van der Waals surface area contributed by atoms with E-state index in [4.69, 9.17) is 4.74 Å². The van der Waals surface area contributed by atoms with E-state index in [0.717, 1.165) is 10.6 Å². The first-order valence-electron chi connectivity index (χ1n) is 6.34. The van der Waals surface area contributed by atoms with Crippen molar-refractivity contribution in [2.75, 3.05) is 7.11 Å². The van der Waals surface area contributed by atoms with Crippen LogP contribution in [0.5, 0.6) is 0 Å². The Bertz CT molecular complexity index is 553. The lowest BCUT2D eigenvalue weighted by molar-refractivity contribution is -0.133. The largest absolute Gasteiger partial charge is 0.367 e. The Balaban J connectivity index is 2.14. The molecular formula is C15H18N2O2S. The molecule has 0 aliphatic carbocycles. The molecule has 4 nitrogen and oxygen atoms in total. The smallest absolute Gasteiger partial charge is 0.254 e. The molecule has 0 aliphatic rings. The van der Waals surface area contributed by atoms with Gasteiger partial charge in [0, 0.05) is 18.7 Å². The summed E-state index contributed by atoms with van der Waals surface area (Å²) in [4.78, 5) is 16.7. The molecule has 1 N–H and O–H groups in total. The lowest BCUT2D eigenvalue weighted by atomic mass is 10.0. The standard InChI is InChI=1S/C15H18N2O2S/c1-15(2,14-16-9-10-20-14)17-13(18)12(19-3)11-7-5-4-6-8-11/h4-10,12H,1-3H3,(H,17,18)/t12-/m0/s1. The van der Waals surface area contributed by atoms with E-state index in [1.54, 1.807) is 6.20 Å². The number of rotatable bonds is 5. The molecule has 0 spiro atoms. The van der Waals surface area contributed by atoms with Crippen molar-refractivity contribution in [1.82, 2.24) is 10.3 Å². The van der Waals surface area contributed by atoms with Crippen molar-refractivity contribution in [2.45, 2.75) is 25.5 Å². The molecule has 0 fully saturated rings. The van der Waals surface area contributed by atoms with Crippen molar-refractivity contribution in [3.05, 3.63) is 52.5 Å². The van der Waals surface area contributed by atoms with Crippen molar-refractivity contribution in [1.29, 1.82) is 0 Å². The molecular weight excluding hydrogens is 272 g/mol. The molecule has 5 heteroatoms. The molecule has 2 rings (SSSR count). The van der Waals surface area contributed by atoms with E-state index in [2.05, 4.69) is 10.3 Å². The van der Waals surface area contributed by atoms with Crippen LogP contribution in [0.15, 0.2) is 41.9 Å². The Morgan fingerprint density at radius 2 is 2.05 bits per heavy atom. The van der Waals surface area contributed by atoms with Gasteiger partial charge in [-0.3, -0.25) is 4.79 Å². The van der Waals surface area contributed by atoms with Crippen LogP contribution in [0.3, 0.4) is 0 Å². The van der Waals surface area contributed by atoms with Crippen LogP contribution in [0.1, 0.15) is 30.5 Å². The highest BCUT2D eigenvalue weighted by Crippen LogP contribution is 2.24. The van der Waals surface area contributed by atoms with Crippen LogP contribution in [0.25, 0.3) is 0 Å². The first-order chi connectivity index (χ1) is 9.54. The lowest BCUT2D eigenvalue weighted by Gasteiger charge is -2.26. The van der Waals surface area contributed by atoms with Gasteiger partial charge in [-0.15, -0.1) is 11.3 Å². The molecule has 0 unspecified atom stereocenters. The fourth-order valence-corrected chi connectivity index (χ4v) is 2.70. The van der Waals surface area contributed by atoms with Crippen LogP contribution < -0.4 is 5.32 Å². The number of nitrogens with one attached hydrogen (secondary N) is 1. The molecule has 0 aliphatic heterocycles. The van der Waals surface area contributed by atoms with Gasteiger partial charge in [-0.25, -0.2) is 4.98 Å². The number of carbonyl (C=O) groups excluding carboxylic acids is 1. The highest BCUT2D eigenvalue weighted by molar-refractivity contribution is 7.09. The van der Waals surface area contributed by atoms with Gasteiger partial charge in [-0.1, -0.05) is 30.3 Å². The van der Waals surface area contributed by atoms with Gasteiger partial charge in [0.1, 0.15) is 5.01 Å². The van der Waals surface area contributed by atoms with Gasteiger partial charge in [-0.05, 0) is 19.4 Å². The highest BCUT2D eigenvalue weighted by Gasteiger charge is 2.29. The topological polar surface area (TPSA) is 51.2 Å². The molecule has 20 heavy (non-hydrogen) atoms. The Kier molecular flexibility index (Phi) is 4.52. The second-order valence-electron chi connectivity index (χ2n) is 4.98. The minimum atomic E-state index is -0.615. The second kappa shape index (κ2) is 6.15. The van der Waals surface area contributed by atoms with E-state index in [9.17, 15) is 4.79 Å². The van der Waals surface area contributed by atoms with Crippen molar-refractivity contribution in [3.8, 4) is 0 Å². The maximum atomic E-state index is 12.4. The molecule has 1 heterocycles. The van der Waals surface area contributed by atoms with Gasteiger partial charge in [0.2, 0.25) is 0 Å². The van der Waals surface area contributed by atoms with Gasteiger partial charge in [0.05, 0.1) is 5.54 Å². The summed E-state index contributed by atoms with van der Waals surface area (Å²) in [7, 11) is 1.54. The van der Waals surface area contributed by atoms with Crippen LogP contribution in [0.2, 0.25) is 0 Å². The number of amides is 1. The summed E-state index contributed by atoms with van der Waals surface area (Å²) in [6, 6.07) is 9.45. The number of methoxy groups -OCH3 is 1. The van der Waals surface area contributed by atoms with Crippen LogP contribution >= 0.6 is 11.3 Å². The number of carbonyl (C=O) groups is 1. The van der Waals surface area contributed by atoms with Crippen LogP contribution in [0, 0.1) is 0 Å². The zero-order valence-corrected chi connectivity index (χ0v) is 12.6. The van der Waals surface area contributed by atoms with E-state index in [1.165, 1.54) is 18.4 Å². The monoisotopic (exact) mass is 290 g/mol. The Morgan fingerprint density at radius 1 is 1.35 bits per heavy atom. The van der Waals surface area contributed by atoms with Crippen LogP contribution in [-0.4, -0.2) is 18.0 Å². The number of hydrogen-bond acceptors (Lipinski definition) is 4. The van der Waals surface area contributed by atoms with Gasteiger partial charge in [0.25, 0.3) is 5.91 Å². The molecule has 2 aromatic rings.